The highest BCUT2D eigenvalue weighted by Gasteiger charge is 2.31. The lowest BCUT2D eigenvalue weighted by molar-refractivity contribution is -0.142. The number of alkyl carbamates (subject to hydrolysis) is 1. The smallest absolute Gasteiger partial charge is 0.407 e. The van der Waals surface area contributed by atoms with Crippen molar-refractivity contribution < 1.29 is 43.2 Å². The van der Waals surface area contributed by atoms with Crippen LogP contribution in [0.1, 0.15) is 58.6 Å². The van der Waals surface area contributed by atoms with Gasteiger partial charge in [-0.2, -0.15) is 0 Å². The number of rotatable bonds is 12. The lowest BCUT2D eigenvalue weighted by Gasteiger charge is -2.29. The van der Waals surface area contributed by atoms with Crippen molar-refractivity contribution >= 4 is 23.9 Å². The van der Waals surface area contributed by atoms with Gasteiger partial charge in [0.2, 0.25) is 11.8 Å². The van der Waals surface area contributed by atoms with Crippen LogP contribution in [0.3, 0.4) is 0 Å². The van der Waals surface area contributed by atoms with Gasteiger partial charge < -0.3 is 45.3 Å². The van der Waals surface area contributed by atoms with Crippen LogP contribution in [0.15, 0.2) is 48.5 Å². The molecule has 270 valence electrons. The normalized spacial score (nSPS) is 19.1. The molecule has 2 aliphatic heterocycles. The van der Waals surface area contributed by atoms with E-state index in [-0.39, 0.29) is 43.7 Å². The van der Waals surface area contributed by atoms with Crippen LogP contribution >= 0.6 is 0 Å². The van der Waals surface area contributed by atoms with E-state index in [1.165, 1.54) is 7.11 Å². The number of nitrogens with one attached hydrogen (secondary N) is 4. The first-order chi connectivity index (χ1) is 23.3. The van der Waals surface area contributed by atoms with Crippen molar-refractivity contribution in [2.75, 3.05) is 33.4 Å². The van der Waals surface area contributed by atoms with E-state index < -0.39 is 41.9 Å². The Morgan fingerprint density at radius 2 is 1.76 bits per heavy atom. The van der Waals surface area contributed by atoms with E-state index in [4.69, 9.17) is 14.2 Å². The van der Waals surface area contributed by atoms with Crippen LogP contribution in [0.5, 0.6) is 11.5 Å². The number of hydrogen-bond donors (Lipinski definition) is 5. The molecule has 2 bridgehead atoms. The van der Waals surface area contributed by atoms with Crippen molar-refractivity contribution in [1.29, 1.82) is 0 Å². The van der Waals surface area contributed by atoms with E-state index in [9.17, 15) is 24.3 Å². The topological polar surface area (TPSA) is 174 Å². The Balaban J connectivity index is 1.81. The summed E-state index contributed by atoms with van der Waals surface area (Å²) >= 11 is 0. The van der Waals surface area contributed by atoms with E-state index in [2.05, 4.69) is 26.0 Å². The third kappa shape index (κ3) is 13.6. The lowest BCUT2D eigenvalue weighted by Crippen LogP contribution is -2.57. The van der Waals surface area contributed by atoms with Crippen molar-refractivity contribution in [3.8, 4) is 11.5 Å². The number of amides is 3. The monoisotopic (exact) mass is 684 g/mol. The summed E-state index contributed by atoms with van der Waals surface area (Å²) < 4.78 is 21.3. The van der Waals surface area contributed by atoms with Crippen molar-refractivity contribution in [1.82, 2.24) is 21.3 Å². The van der Waals surface area contributed by atoms with Gasteiger partial charge in [0.05, 0.1) is 31.9 Å². The highest BCUT2D eigenvalue weighted by Crippen LogP contribution is 2.18. The number of benzene rings is 2. The van der Waals surface area contributed by atoms with Gasteiger partial charge in [0, 0.05) is 13.1 Å². The van der Waals surface area contributed by atoms with E-state index in [0.717, 1.165) is 11.1 Å². The fourth-order valence-electron chi connectivity index (χ4n) is 5.08. The standard InChI is InChI=1S/C36H52N4O9/c1-7-23(2)32-34(44)37-17-8-18-47-26-13-9-25(10-14-26)20-29(33(43)40-32)38-21-30(41)28(39-35(45)49-36(3,4)5)19-24-11-15-27(16-12-24)48-22-31(42)46-6/h9-16,23,28-30,32,38,41H,7-8,17-22H2,1-6H3,(H,37,44)(H,39,45)(H,40,43)/t23?,28-,29-,30-,32-/m0/s1. The summed E-state index contributed by atoms with van der Waals surface area (Å²) in [5, 5.41) is 23.3. The summed E-state index contributed by atoms with van der Waals surface area (Å²) in [5.74, 6) is -0.150. The quantitative estimate of drug-likeness (QED) is 0.209. The Morgan fingerprint density at radius 1 is 1.06 bits per heavy atom. The van der Waals surface area contributed by atoms with Crippen molar-refractivity contribution in [3.63, 3.8) is 0 Å². The van der Waals surface area contributed by atoms with Gasteiger partial charge in [-0.05, 0) is 81.3 Å². The molecular formula is C36H52N4O9. The summed E-state index contributed by atoms with van der Waals surface area (Å²) in [4.78, 5) is 51.2. The first-order valence-corrected chi connectivity index (χ1v) is 16.8. The van der Waals surface area contributed by atoms with E-state index in [0.29, 0.717) is 37.5 Å². The molecule has 2 aromatic carbocycles. The summed E-state index contributed by atoms with van der Waals surface area (Å²) in [7, 11) is 1.28. The minimum absolute atomic E-state index is 0.0692. The fraction of sp³-hybridized carbons (Fsp3) is 0.556. The van der Waals surface area contributed by atoms with E-state index in [1.54, 1.807) is 45.0 Å². The highest BCUT2D eigenvalue weighted by atomic mass is 16.6. The SMILES string of the molecule is CCC(C)[C@@H]1NC(=O)[C@@H](NC[C@H](O)[C@H](Cc2ccc(OCC(=O)OC)cc2)NC(=O)OC(C)(C)C)Cc2ccc(cc2)OCCCNC1=O. The summed E-state index contributed by atoms with van der Waals surface area (Å²) in [5.41, 5.74) is 0.854. The molecule has 0 saturated carbocycles. The van der Waals surface area contributed by atoms with Crippen LogP contribution in [0.25, 0.3) is 0 Å². The molecule has 0 spiro atoms. The Hall–Kier alpha value is -4.36. The Kier molecular flexibility index (Phi) is 15.1. The number of carbonyl (C=O) groups is 4. The highest BCUT2D eigenvalue weighted by molar-refractivity contribution is 5.90. The molecule has 2 aromatic rings. The Labute approximate surface area is 288 Å². The van der Waals surface area contributed by atoms with Gasteiger partial charge >= 0.3 is 12.1 Å². The zero-order valence-corrected chi connectivity index (χ0v) is 29.4. The van der Waals surface area contributed by atoms with Crippen LogP contribution < -0.4 is 30.7 Å². The minimum Gasteiger partial charge on any atom is -0.494 e. The minimum atomic E-state index is -1.16. The summed E-state index contributed by atoms with van der Waals surface area (Å²) in [6, 6.07) is 11.9. The van der Waals surface area contributed by atoms with Gasteiger partial charge in [-0.1, -0.05) is 44.5 Å². The third-order valence-electron chi connectivity index (χ3n) is 8.07. The molecule has 0 fully saturated rings. The molecule has 13 nitrogen and oxygen atoms in total. The third-order valence-corrected chi connectivity index (χ3v) is 8.07. The number of fused-ring (bicyclic) bond motifs is 12. The average Bonchev–Trinajstić information content (AvgIpc) is 3.07. The number of hydrogen-bond acceptors (Lipinski definition) is 10. The van der Waals surface area contributed by atoms with Crippen molar-refractivity contribution in [2.24, 2.45) is 5.92 Å². The second-order valence-corrected chi connectivity index (χ2v) is 13.2. The number of methoxy groups -OCH3 is 1. The van der Waals surface area contributed by atoms with Gasteiger partial charge in [0.25, 0.3) is 0 Å². The predicted octanol–water partition coefficient (Wildman–Crippen LogP) is 2.67. The maximum Gasteiger partial charge on any atom is 0.407 e. The molecule has 0 radical (unpaired) electrons. The molecule has 0 saturated heterocycles. The zero-order valence-electron chi connectivity index (χ0n) is 29.4. The summed E-state index contributed by atoms with van der Waals surface area (Å²) in [6.07, 6.45) is -0.0837. The number of aliphatic hydroxyl groups is 1. The van der Waals surface area contributed by atoms with Crippen LogP contribution in [0.4, 0.5) is 4.79 Å². The molecule has 0 aromatic heterocycles. The number of esters is 1. The fourth-order valence-corrected chi connectivity index (χ4v) is 5.08. The molecule has 5 N–H and O–H groups in total. The molecule has 0 aliphatic carbocycles. The molecule has 49 heavy (non-hydrogen) atoms. The van der Waals surface area contributed by atoms with E-state index in [1.807, 2.05) is 38.1 Å². The molecule has 2 aliphatic rings. The maximum absolute atomic E-state index is 13.8. The molecule has 1 unspecified atom stereocenters. The average molecular weight is 685 g/mol. The molecule has 13 heteroatoms. The second kappa shape index (κ2) is 19.0. The van der Waals surface area contributed by atoms with Gasteiger partial charge in [-0.25, -0.2) is 9.59 Å². The number of ether oxygens (including phenoxy) is 4. The maximum atomic E-state index is 13.8. The largest absolute Gasteiger partial charge is 0.494 e. The van der Waals surface area contributed by atoms with Crippen LogP contribution in [-0.2, 0) is 36.7 Å². The first kappa shape index (κ1) is 39.1. The lowest BCUT2D eigenvalue weighted by atomic mass is 9.96. The van der Waals surface area contributed by atoms with E-state index >= 15 is 0 Å². The van der Waals surface area contributed by atoms with Gasteiger partial charge in [0.1, 0.15) is 23.1 Å². The Morgan fingerprint density at radius 3 is 2.39 bits per heavy atom. The van der Waals surface area contributed by atoms with Crippen LogP contribution in [-0.4, -0.2) is 92.2 Å². The van der Waals surface area contributed by atoms with Gasteiger partial charge in [0.15, 0.2) is 6.61 Å². The predicted molar refractivity (Wildman–Crippen MR) is 183 cm³/mol. The molecular weight excluding hydrogens is 632 g/mol. The van der Waals surface area contributed by atoms with Crippen LogP contribution in [0.2, 0.25) is 0 Å². The molecule has 4 rings (SSSR count). The number of aliphatic hydroxyl groups excluding tert-OH is 1. The first-order valence-electron chi connectivity index (χ1n) is 16.8. The van der Waals surface area contributed by atoms with Gasteiger partial charge in [-0.15, -0.1) is 0 Å². The number of carbonyl (C=O) groups excluding carboxylic acids is 4. The van der Waals surface area contributed by atoms with Crippen molar-refractivity contribution in [2.45, 2.75) is 90.1 Å². The molecule has 3 amide bonds. The van der Waals surface area contributed by atoms with Gasteiger partial charge in [-0.3, -0.25) is 9.59 Å². The Bertz CT molecular complexity index is 1360. The zero-order chi connectivity index (χ0) is 36.0. The molecule has 5 atom stereocenters. The van der Waals surface area contributed by atoms with Crippen LogP contribution in [0, 0.1) is 5.92 Å². The molecule has 2 heterocycles. The summed E-state index contributed by atoms with van der Waals surface area (Å²) in [6.45, 7) is 9.64. The second-order valence-electron chi connectivity index (χ2n) is 13.2. The van der Waals surface area contributed by atoms with Crippen molar-refractivity contribution in [3.05, 3.63) is 59.7 Å².